The first-order valence-corrected chi connectivity index (χ1v) is 6.06. The second-order valence-electron chi connectivity index (χ2n) is 4.12. The van der Waals surface area contributed by atoms with Gasteiger partial charge in [-0.25, -0.2) is 0 Å². The zero-order valence-electron chi connectivity index (χ0n) is 9.92. The SMILES string of the molecule is CCCCCCCNC(C)c1cn[nH]c1. The van der Waals surface area contributed by atoms with Gasteiger partial charge in [-0.1, -0.05) is 32.6 Å². The van der Waals surface area contributed by atoms with Gasteiger partial charge in [-0.3, -0.25) is 5.10 Å². The van der Waals surface area contributed by atoms with Crippen LogP contribution in [0, 0.1) is 0 Å². The normalized spacial score (nSPS) is 12.9. The highest BCUT2D eigenvalue weighted by Gasteiger charge is 2.04. The summed E-state index contributed by atoms with van der Waals surface area (Å²) in [5.41, 5.74) is 1.24. The minimum absolute atomic E-state index is 0.412. The number of rotatable bonds is 8. The van der Waals surface area contributed by atoms with Gasteiger partial charge in [0, 0.05) is 17.8 Å². The molecule has 1 aromatic rings. The van der Waals surface area contributed by atoms with E-state index in [1.165, 1.54) is 37.7 Å². The predicted molar refractivity (Wildman–Crippen MR) is 63.8 cm³/mol. The highest BCUT2D eigenvalue weighted by molar-refractivity contribution is 5.07. The maximum Gasteiger partial charge on any atom is 0.0534 e. The Morgan fingerprint density at radius 1 is 1.33 bits per heavy atom. The molecule has 15 heavy (non-hydrogen) atoms. The van der Waals surface area contributed by atoms with Gasteiger partial charge in [0.1, 0.15) is 0 Å². The van der Waals surface area contributed by atoms with Crippen molar-refractivity contribution in [2.24, 2.45) is 0 Å². The number of H-pyrrole nitrogens is 1. The molecule has 0 aliphatic carbocycles. The molecule has 3 nitrogen and oxygen atoms in total. The van der Waals surface area contributed by atoms with Gasteiger partial charge in [-0.2, -0.15) is 5.10 Å². The molecule has 0 spiro atoms. The first-order chi connectivity index (χ1) is 7.34. The zero-order valence-corrected chi connectivity index (χ0v) is 9.92. The average molecular weight is 209 g/mol. The third-order valence-corrected chi connectivity index (χ3v) is 2.75. The summed E-state index contributed by atoms with van der Waals surface area (Å²) in [5.74, 6) is 0. The van der Waals surface area contributed by atoms with Crippen LogP contribution in [0.25, 0.3) is 0 Å². The van der Waals surface area contributed by atoms with Crippen LogP contribution < -0.4 is 5.32 Å². The minimum atomic E-state index is 0.412. The summed E-state index contributed by atoms with van der Waals surface area (Å²) < 4.78 is 0. The van der Waals surface area contributed by atoms with Crippen molar-refractivity contribution in [3.05, 3.63) is 18.0 Å². The van der Waals surface area contributed by atoms with Crippen LogP contribution in [0.4, 0.5) is 0 Å². The smallest absolute Gasteiger partial charge is 0.0534 e. The lowest BCUT2D eigenvalue weighted by Crippen LogP contribution is -2.19. The second-order valence-corrected chi connectivity index (χ2v) is 4.12. The van der Waals surface area contributed by atoms with Crippen LogP contribution in [0.15, 0.2) is 12.4 Å². The van der Waals surface area contributed by atoms with Crippen molar-refractivity contribution in [1.82, 2.24) is 15.5 Å². The van der Waals surface area contributed by atoms with Crippen LogP contribution in [-0.4, -0.2) is 16.7 Å². The molecule has 0 amide bonds. The molecule has 1 atom stereocenters. The highest BCUT2D eigenvalue weighted by atomic mass is 15.1. The first kappa shape index (κ1) is 12.2. The zero-order chi connectivity index (χ0) is 10.9. The number of aromatic nitrogens is 2. The molecule has 1 heterocycles. The van der Waals surface area contributed by atoms with Crippen LogP contribution >= 0.6 is 0 Å². The van der Waals surface area contributed by atoms with Gasteiger partial charge in [0.25, 0.3) is 0 Å². The van der Waals surface area contributed by atoms with Gasteiger partial charge in [0.2, 0.25) is 0 Å². The number of aromatic amines is 1. The second kappa shape index (κ2) is 7.46. The molecule has 0 aromatic carbocycles. The van der Waals surface area contributed by atoms with Gasteiger partial charge in [-0.05, 0) is 19.9 Å². The number of nitrogens with zero attached hydrogens (tertiary/aromatic N) is 1. The third kappa shape index (κ3) is 4.98. The maximum atomic E-state index is 3.95. The van der Waals surface area contributed by atoms with Gasteiger partial charge in [0.15, 0.2) is 0 Å². The van der Waals surface area contributed by atoms with Crippen molar-refractivity contribution >= 4 is 0 Å². The van der Waals surface area contributed by atoms with Gasteiger partial charge in [-0.15, -0.1) is 0 Å². The Morgan fingerprint density at radius 2 is 2.13 bits per heavy atom. The molecule has 0 radical (unpaired) electrons. The fourth-order valence-corrected chi connectivity index (χ4v) is 1.66. The van der Waals surface area contributed by atoms with E-state index in [0.717, 1.165) is 6.54 Å². The highest BCUT2D eigenvalue weighted by Crippen LogP contribution is 2.09. The van der Waals surface area contributed by atoms with E-state index in [1.54, 1.807) is 0 Å². The lowest BCUT2D eigenvalue weighted by molar-refractivity contribution is 0.531. The third-order valence-electron chi connectivity index (χ3n) is 2.75. The summed E-state index contributed by atoms with van der Waals surface area (Å²) in [6.07, 6.45) is 10.5. The Balaban J connectivity index is 2.00. The molecule has 1 unspecified atom stereocenters. The van der Waals surface area contributed by atoms with Crippen LogP contribution in [0.1, 0.15) is 57.6 Å². The van der Waals surface area contributed by atoms with Crippen LogP contribution in [0.2, 0.25) is 0 Å². The fraction of sp³-hybridized carbons (Fsp3) is 0.750. The maximum absolute atomic E-state index is 3.95. The number of nitrogens with one attached hydrogen (secondary N) is 2. The van der Waals surface area contributed by atoms with Gasteiger partial charge in [0.05, 0.1) is 6.20 Å². The van der Waals surface area contributed by atoms with Crippen LogP contribution in [-0.2, 0) is 0 Å². The van der Waals surface area contributed by atoms with E-state index in [0.29, 0.717) is 6.04 Å². The van der Waals surface area contributed by atoms with E-state index in [1.807, 2.05) is 12.4 Å². The average Bonchev–Trinajstić information content (AvgIpc) is 2.76. The molecule has 0 aliphatic heterocycles. The molecule has 0 saturated carbocycles. The molecule has 3 heteroatoms. The topological polar surface area (TPSA) is 40.7 Å². The van der Waals surface area contributed by atoms with Gasteiger partial charge >= 0.3 is 0 Å². The minimum Gasteiger partial charge on any atom is -0.310 e. The van der Waals surface area contributed by atoms with E-state index < -0.39 is 0 Å². The monoisotopic (exact) mass is 209 g/mol. The summed E-state index contributed by atoms with van der Waals surface area (Å²) in [4.78, 5) is 0. The molecule has 0 bridgehead atoms. The Kier molecular flexibility index (Phi) is 6.09. The summed E-state index contributed by atoms with van der Waals surface area (Å²) in [6, 6.07) is 0.412. The summed E-state index contributed by atoms with van der Waals surface area (Å²) in [6.45, 7) is 5.53. The molecular formula is C12H23N3. The lowest BCUT2D eigenvalue weighted by Gasteiger charge is -2.11. The Bertz CT molecular complexity index is 231. The number of hydrogen-bond donors (Lipinski definition) is 2. The Hall–Kier alpha value is -0.830. The van der Waals surface area contributed by atoms with Crippen molar-refractivity contribution in [2.75, 3.05) is 6.54 Å². The quantitative estimate of drug-likeness (QED) is 0.646. The molecular weight excluding hydrogens is 186 g/mol. The number of unbranched alkanes of at least 4 members (excludes halogenated alkanes) is 4. The lowest BCUT2D eigenvalue weighted by atomic mass is 10.1. The standard InChI is InChI=1S/C12H23N3/c1-3-4-5-6-7-8-13-11(2)12-9-14-15-10-12/h9-11,13H,3-8H2,1-2H3,(H,14,15). The van der Waals surface area contributed by atoms with E-state index in [4.69, 9.17) is 0 Å². The van der Waals surface area contributed by atoms with Crippen molar-refractivity contribution in [2.45, 2.75) is 52.0 Å². The molecule has 1 rings (SSSR count). The molecule has 86 valence electrons. The molecule has 0 saturated heterocycles. The van der Waals surface area contributed by atoms with Crippen LogP contribution in [0.3, 0.4) is 0 Å². The summed E-state index contributed by atoms with van der Waals surface area (Å²) >= 11 is 0. The molecule has 0 fully saturated rings. The van der Waals surface area contributed by atoms with E-state index in [-0.39, 0.29) is 0 Å². The van der Waals surface area contributed by atoms with Crippen LogP contribution in [0.5, 0.6) is 0 Å². The number of hydrogen-bond acceptors (Lipinski definition) is 2. The van der Waals surface area contributed by atoms with E-state index in [9.17, 15) is 0 Å². The first-order valence-electron chi connectivity index (χ1n) is 6.06. The van der Waals surface area contributed by atoms with Crippen molar-refractivity contribution in [1.29, 1.82) is 0 Å². The Morgan fingerprint density at radius 3 is 2.80 bits per heavy atom. The molecule has 0 aliphatic rings. The van der Waals surface area contributed by atoms with Crippen molar-refractivity contribution in [3.63, 3.8) is 0 Å². The van der Waals surface area contributed by atoms with Crippen molar-refractivity contribution < 1.29 is 0 Å². The molecule has 1 aromatic heterocycles. The van der Waals surface area contributed by atoms with E-state index in [2.05, 4.69) is 29.4 Å². The van der Waals surface area contributed by atoms with Crippen molar-refractivity contribution in [3.8, 4) is 0 Å². The summed E-state index contributed by atoms with van der Waals surface area (Å²) in [7, 11) is 0. The van der Waals surface area contributed by atoms with Gasteiger partial charge < -0.3 is 5.32 Å². The fourth-order valence-electron chi connectivity index (χ4n) is 1.66. The van der Waals surface area contributed by atoms with E-state index >= 15 is 0 Å². The largest absolute Gasteiger partial charge is 0.310 e. The predicted octanol–water partition coefficient (Wildman–Crippen LogP) is 3.03. The Labute approximate surface area is 92.7 Å². The molecule has 2 N–H and O–H groups in total. The summed E-state index contributed by atoms with van der Waals surface area (Å²) in [5, 5.41) is 10.3.